The third-order valence-corrected chi connectivity index (χ3v) is 3.14. The van der Waals surface area contributed by atoms with Crippen LogP contribution in [0.4, 0.5) is 5.69 Å². The van der Waals surface area contributed by atoms with Crippen molar-refractivity contribution in [2.24, 2.45) is 21.5 Å². The zero-order valence-electron chi connectivity index (χ0n) is 14.5. The minimum absolute atomic E-state index is 0.199. The van der Waals surface area contributed by atoms with Gasteiger partial charge in [-0.15, -0.1) is 0 Å². The first-order chi connectivity index (χ1) is 11.1. The van der Waals surface area contributed by atoms with E-state index in [9.17, 15) is 0 Å². The molecular formula is C17H30ClN5. The van der Waals surface area contributed by atoms with Gasteiger partial charge >= 0.3 is 0 Å². The van der Waals surface area contributed by atoms with Gasteiger partial charge in [0.2, 0.25) is 11.9 Å². The first-order valence-corrected chi connectivity index (χ1v) is 8.66. The fourth-order valence-electron chi connectivity index (χ4n) is 1.78. The predicted octanol–water partition coefficient (Wildman–Crippen LogP) is 4.38. The Labute approximate surface area is 145 Å². The van der Waals surface area contributed by atoms with Crippen molar-refractivity contribution >= 4 is 29.2 Å². The highest BCUT2D eigenvalue weighted by Crippen LogP contribution is 2.12. The van der Waals surface area contributed by atoms with Crippen LogP contribution in [0, 0.1) is 0 Å². The Balaban J connectivity index is 0.00000232. The Bertz CT molecular complexity index is 468. The van der Waals surface area contributed by atoms with Gasteiger partial charge in [0.1, 0.15) is 0 Å². The SMILES string of the molecule is CC.CCCCCCCN=C(N)/N=C(\N)Nc1ccc(Cl)cc1. The normalized spacial score (nSPS) is 11.7. The van der Waals surface area contributed by atoms with Crippen molar-refractivity contribution in [3.63, 3.8) is 0 Å². The van der Waals surface area contributed by atoms with Crippen molar-refractivity contribution < 1.29 is 0 Å². The summed E-state index contributed by atoms with van der Waals surface area (Å²) in [6, 6.07) is 7.16. The standard InChI is InChI=1S/C15H24ClN5.C2H6/c1-2-3-4-5-6-11-19-14(17)21-15(18)20-13-9-7-12(16)8-10-13;1-2/h7-10H,2-6,11H2,1H3,(H5,17,18,19,20,21);1-2H3. The zero-order valence-corrected chi connectivity index (χ0v) is 15.2. The molecule has 0 aliphatic rings. The molecule has 0 spiro atoms. The van der Waals surface area contributed by atoms with Crippen LogP contribution in [0.1, 0.15) is 52.9 Å². The molecule has 0 aliphatic heterocycles. The number of nitrogens with one attached hydrogen (secondary N) is 1. The molecule has 0 fully saturated rings. The van der Waals surface area contributed by atoms with Gasteiger partial charge in [0.15, 0.2) is 0 Å². The molecule has 5 nitrogen and oxygen atoms in total. The second-order valence-electron chi connectivity index (χ2n) is 4.78. The Kier molecular flexibility index (Phi) is 12.8. The molecule has 1 aromatic carbocycles. The number of nitrogens with zero attached hydrogens (tertiary/aromatic N) is 2. The number of rotatable bonds is 7. The van der Waals surface area contributed by atoms with Gasteiger partial charge in [0.25, 0.3) is 0 Å². The maximum Gasteiger partial charge on any atom is 0.218 e. The molecule has 0 saturated heterocycles. The molecule has 5 N–H and O–H groups in total. The highest BCUT2D eigenvalue weighted by molar-refractivity contribution is 6.30. The lowest BCUT2D eigenvalue weighted by molar-refractivity contribution is 0.638. The van der Waals surface area contributed by atoms with Crippen LogP contribution in [-0.2, 0) is 0 Å². The van der Waals surface area contributed by atoms with Gasteiger partial charge in [-0.05, 0) is 30.7 Å². The molecule has 0 aromatic heterocycles. The van der Waals surface area contributed by atoms with Crippen LogP contribution in [0.25, 0.3) is 0 Å². The molecule has 6 heteroatoms. The second kappa shape index (κ2) is 13.9. The van der Waals surface area contributed by atoms with Crippen molar-refractivity contribution in [3.05, 3.63) is 29.3 Å². The Morgan fingerprint density at radius 3 is 2.26 bits per heavy atom. The number of hydrogen-bond acceptors (Lipinski definition) is 1. The Hall–Kier alpha value is -1.75. The minimum Gasteiger partial charge on any atom is -0.369 e. The topological polar surface area (TPSA) is 88.8 Å². The van der Waals surface area contributed by atoms with Crippen LogP contribution in [-0.4, -0.2) is 18.5 Å². The average molecular weight is 340 g/mol. The van der Waals surface area contributed by atoms with E-state index >= 15 is 0 Å². The molecule has 0 saturated carbocycles. The summed E-state index contributed by atoms with van der Waals surface area (Å²) in [6.45, 7) is 6.88. The molecule has 23 heavy (non-hydrogen) atoms. The van der Waals surface area contributed by atoms with Gasteiger partial charge in [-0.25, -0.2) is 0 Å². The molecule has 1 rings (SSSR count). The molecule has 130 valence electrons. The molecule has 0 radical (unpaired) electrons. The lowest BCUT2D eigenvalue weighted by atomic mass is 10.2. The molecule has 0 aliphatic carbocycles. The molecule has 0 atom stereocenters. The predicted molar refractivity (Wildman–Crippen MR) is 103 cm³/mol. The fourth-order valence-corrected chi connectivity index (χ4v) is 1.90. The summed E-state index contributed by atoms with van der Waals surface area (Å²) < 4.78 is 0. The quantitative estimate of drug-likeness (QED) is 0.391. The second-order valence-corrected chi connectivity index (χ2v) is 5.22. The largest absolute Gasteiger partial charge is 0.369 e. The number of hydrogen-bond donors (Lipinski definition) is 3. The number of aliphatic imine (C=N–C) groups is 2. The summed E-state index contributed by atoms with van der Waals surface area (Å²) in [5.41, 5.74) is 12.3. The summed E-state index contributed by atoms with van der Waals surface area (Å²) in [5.74, 6) is 0.411. The van der Waals surface area contributed by atoms with E-state index in [4.69, 9.17) is 23.1 Å². The fraction of sp³-hybridized carbons (Fsp3) is 0.529. The van der Waals surface area contributed by atoms with E-state index in [-0.39, 0.29) is 11.9 Å². The van der Waals surface area contributed by atoms with Crippen molar-refractivity contribution in [1.29, 1.82) is 0 Å². The monoisotopic (exact) mass is 339 g/mol. The van der Waals surface area contributed by atoms with Gasteiger partial charge in [-0.2, -0.15) is 4.99 Å². The van der Waals surface area contributed by atoms with E-state index < -0.39 is 0 Å². The number of nitrogens with two attached hydrogens (primary N) is 2. The smallest absolute Gasteiger partial charge is 0.218 e. The third-order valence-electron chi connectivity index (χ3n) is 2.89. The first kappa shape index (κ1) is 21.2. The first-order valence-electron chi connectivity index (χ1n) is 8.28. The van der Waals surface area contributed by atoms with E-state index in [0.717, 1.165) is 12.1 Å². The number of unbranched alkanes of at least 4 members (excludes halogenated alkanes) is 4. The summed E-state index contributed by atoms with van der Waals surface area (Å²) >= 11 is 5.81. The van der Waals surface area contributed by atoms with E-state index in [1.54, 1.807) is 12.1 Å². The zero-order chi connectivity index (χ0) is 17.5. The van der Waals surface area contributed by atoms with E-state index in [1.807, 2.05) is 26.0 Å². The lowest BCUT2D eigenvalue weighted by Gasteiger charge is -2.05. The van der Waals surface area contributed by atoms with Crippen LogP contribution in [0.15, 0.2) is 34.3 Å². The maximum atomic E-state index is 5.81. The summed E-state index contributed by atoms with van der Waals surface area (Å²) in [4.78, 5) is 8.19. The van der Waals surface area contributed by atoms with Crippen LogP contribution < -0.4 is 16.8 Å². The van der Waals surface area contributed by atoms with Crippen molar-refractivity contribution in [2.75, 3.05) is 11.9 Å². The third kappa shape index (κ3) is 11.5. The van der Waals surface area contributed by atoms with Gasteiger partial charge in [-0.1, -0.05) is 58.1 Å². The van der Waals surface area contributed by atoms with Crippen molar-refractivity contribution in [2.45, 2.75) is 52.9 Å². The van der Waals surface area contributed by atoms with E-state index in [1.165, 1.54) is 25.7 Å². The van der Waals surface area contributed by atoms with Gasteiger partial charge in [0, 0.05) is 17.3 Å². The van der Waals surface area contributed by atoms with E-state index in [2.05, 4.69) is 22.2 Å². The lowest BCUT2D eigenvalue weighted by Crippen LogP contribution is -2.26. The van der Waals surface area contributed by atoms with Crippen molar-refractivity contribution in [1.82, 2.24) is 0 Å². The average Bonchev–Trinajstić information content (AvgIpc) is 2.55. The Morgan fingerprint density at radius 2 is 1.65 bits per heavy atom. The molecule has 0 bridgehead atoms. The molecule has 0 heterocycles. The van der Waals surface area contributed by atoms with Crippen LogP contribution in [0.2, 0.25) is 5.02 Å². The van der Waals surface area contributed by atoms with Crippen molar-refractivity contribution in [3.8, 4) is 0 Å². The molecular weight excluding hydrogens is 310 g/mol. The summed E-state index contributed by atoms with van der Waals surface area (Å²) in [6.07, 6.45) is 5.96. The highest BCUT2D eigenvalue weighted by atomic mass is 35.5. The van der Waals surface area contributed by atoms with Crippen LogP contribution in [0.5, 0.6) is 0 Å². The maximum absolute atomic E-state index is 5.81. The number of halogens is 1. The Morgan fingerprint density at radius 1 is 1.04 bits per heavy atom. The van der Waals surface area contributed by atoms with Gasteiger partial charge in [-0.3, -0.25) is 4.99 Å². The molecule has 0 unspecified atom stereocenters. The highest BCUT2D eigenvalue weighted by Gasteiger charge is 1.97. The van der Waals surface area contributed by atoms with Crippen LogP contribution >= 0.6 is 11.6 Å². The number of anilines is 1. The van der Waals surface area contributed by atoms with E-state index in [0.29, 0.717) is 11.6 Å². The summed E-state index contributed by atoms with van der Waals surface area (Å²) in [7, 11) is 0. The minimum atomic E-state index is 0.199. The molecule has 0 amide bonds. The summed E-state index contributed by atoms with van der Waals surface area (Å²) in [5, 5.41) is 3.59. The number of guanidine groups is 2. The number of benzene rings is 1. The van der Waals surface area contributed by atoms with Gasteiger partial charge < -0.3 is 16.8 Å². The van der Waals surface area contributed by atoms with Crippen LogP contribution in [0.3, 0.4) is 0 Å². The molecule has 1 aromatic rings. The van der Waals surface area contributed by atoms with Gasteiger partial charge in [0.05, 0.1) is 0 Å².